The van der Waals surface area contributed by atoms with Crippen LogP contribution in [-0.2, 0) is 14.8 Å². The van der Waals surface area contributed by atoms with Gasteiger partial charge in [0.2, 0.25) is 10.0 Å². The molecule has 0 fully saturated rings. The van der Waals surface area contributed by atoms with E-state index in [1.165, 1.54) is 12.1 Å². The minimum Gasteiger partial charge on any atom is -0.355 e. The van der Waals surface area contributed by atoms with Gasteiger partial charge in [-0.1, -0.05) is 18.2 Å². The number of anilines is 1. The van der Waals surface area contributed by atoms with Gasteiger partial charge in [0, 0.05) is 22.5 Å². The van der Waals surface area contributed by atoms with E-state index in [4.69, 9.17) is 5.14 Å². The van der Waals surface area contributed by atoms with Crippen molar-refractivity contribution in [3.05, 3.63) is 59.8 Å². The second kappa shape index (κ2) is 5.05. The predicted octanol–water partition coefficient (Wildman–Crippen LogP) is 2.31. The maximum Gasteiger partial charge on any atom is 0.256 e. The zero-order valence-electron chi connectivity index (χ0n) is 12.4. The van der Waals surface area contributed by atoms with E-state index in [1.807, 2.05) is 30.3 Å². The van der Waals surface area contributed by atoms with Gasteiger partial charge in [-0.2, -0.15) is 0 Å². The second-order valence-electron chi connectivity index (χ2n) is 5.58. The van der Waals surface area contributed by atoms with E-state index in [1.54, 1.807) is 12.1 Å². The Kier molecular flexibility index (Phi) is 3.09. The van der Waals surface area contributed by atoms with Crippen LogP contribution in [0, 0.1) is 0 Å². The molecule has 0 saturated heterocycles. The van der Waals surface area contributed by atoms with Crippen molar-refractivity contribution >= 4 is 44.2 Å². The molecule has 3 aromatic rings. The van der Waals surface area contributed by atoms with Crippen molar-refractivity contribution in [3.63, 3.8) is 0 Å². The number of benzene rings is 2. The van der Waals surface area contributed by atoms with Crippen molar-refractivity contribution < 1.29 is 13.2 Å². The van der Waals surface area contributed by atoms with Crippen molar-refractivity contribution in [2.45, 2.75) is 4.90 Å². The number of fused-ring (bicyclic) bond motifs is 2. The van der Waals surface area contributed by atoms with E-state index >= 15 is 0 Å². The molecule has 0 bridgehead atoms. The van der Waals surface area contributed by atoms with E-state index in [0.717, 1.165) is 16.6 Å². The van der Waals surface area contributed by atoms with E-state index in [9.17, 15) is 13.2 Å². The fraction of sp³-hybridized carbons (Fsp3) is 0. The lowest BCUT2D eigenvalue weighted by Gasteiger charge is -2.02. The first-order valence-corrected chi connectivity index (χ1v) is 8.74. The van der Waals surface area contributed by atoms with Gasteiger partial charge in [-0.3, -0.25) is 4.79 Å². The SMILES string of the molecule is NS(=O)(=O)c1ccc2c(c1)/C(=C/c1cc3ccccc3[nH]1)C(=O)N2. The maximum absolute atomic E-state index is 12.2. The number of H-pyrrole nitrogens is 1. The molecule has 120 valence electrons. The Labute approximate surface area is 138 Å². The Hall–Kier alpha value is -2.90. The summed E-state index contributed by atoms with van der Waals surface area (Å²) < 4.78 is 23.1. The lowest BCUT2D eigenvalue weighted by Crippen LogP contribution is -2.12. The third-order valence-corrected chi connectivity index (χ3v) is 4.86. The molecule has 6 nitrogen and oxygen atoms in total. The largest absolute Gasteiger partial charge is 0.355 e. The topological polar surface area (TPSA) is 105 Å². The third-order valence-electron chi connectivity index (χ3n) is 3.95. The highest BCUT2D eigenvalue weighted by molar-refractivity contribution is 7.89. The summed E-state index contributed by atoms with van der Waals surface area (Å²) in [4.78, 5) is 15.4. The quantitative estimate of drug-likeness (QED) is 0.624. The average Bonchev–Trinajstić information content (AvgIpc) is 3.07. The summed E-state index contributed by atoms with van der Waals surface area (Å²) in [5.74, 6) is -0.282. The molecule has 1 aliphatic heterocycles. The number of hydrogen-bond donors (Lipinski definition) is 3. The van der Waals surface area contributed by atoms with Crippen molar-refractivity contribution in [2.75, 3.05) is 5.32 Å². The van der Waals surface area contributed by atoms with Gasteiger partial charge in [-0.25, -0.2) is 13.6 Å². The van der Waals surface area contributed by atoms with Crippen molar-refractivity contribution in [3.8, 4) is 0 Å². The van der Waals surface area contributed by atoms with Crippen LogP contribution in [0.3, 0.4) is 0 Å². The molecule has 0 radical (unpaired) electrons. The minimum absolute atomic E-state index is 0.0275. The molecule has 1 aliphatic rings. The summed E-state index contributed by atoms with van der Waals surface area (Å²) in [6.07, 6.45) is 1.70. The zero-order valence-corrected chi connectivity index (χ0v) is 13.2. The number of carbonyl (C=O) groups is 1. The van der Waals surface area contributed by atoms with Gasteiger partial charge in [0.1, 0.15) is 0 Å². The predicted molar refractivity (Wildman–Crippen MR) is 92.6 cm³/mol. The molecule has 0 atom stereocenters. The number of primary sulfonamides is 1. The Morgan fingerprint density at radius 1 is 1.04 bits per heavy atom. The van der Waals surface area contributed by atoms with Crippen LogP contribution < -0.4 is 10.5 Å². The van der Waals surface area contributed by atoms with Crippen molar-refractivity contribution in [1.82, 2.24) is 4.98 Å². The number of para-hydroxylation sites is 1. The fourth-order valence-electron chi connectivity index (χ4n) is 2.82. The van der Waals surface area contributed by atoms with Gasteiger partial charge in [0.05, 0.1) is 10.5 Å². The minimum atomic E-state index is -3.83. The van der Waals surface area contributed by atoms with E-state index in [2.05, 4.69) is 10.3 Å². The summed E-state index contributed by atoms with van der Waals surface area (Å²) in [5, 5.41) is 8.93. The molecule has 4 rings (SSSR count). The molecule has 0 spiro atoms. The summed E-state index contributed by atoms with van der Waals surface area (Å²) in [6, 6.07) is 14.0. The van der Waals surface area contributed by atoms with Crippen LogP contribution in [0.15, 0.2) is 53.4 Å². The number of sulfonamides is 1. The molecule has 7 heteroatoms. The first kappa shape index (κ1) is 14.7. The summed E-state index contributed by atoms with van der Waals surface area (Å²) in [7, 11) is -3.83. The maximum atomic E-state index is 12.2. The number of carbonyl (C=O) groups excluding carboxylic acids is 1. The molecular weight excluding hydrogens is 326 g/mol. The number of hydrogen-bond acceptors (Lipinski definition) is 3. The highest BCUT2D eigenvalue weighted by atomic mass is 32.2. The Bertz CT molecular complexity index is 1090. The van der Waals surface area contributed by atoms with Crippen LogP contribution in [-0.4, -0.2) is 19.3 Å². The molecule has 2 heterocycles. The third kappa shape index (κ3) is 2.40. The standard InChI is InChI=1S/C17H13N3O3S/c18-24(22,23)12-5-6-16-13(9-12)14(17(21)20-16)8-11-7-10-3-1-2-4-15(10)19-11/h1-9,19H,(H,20,21)(H2,18,22,23)/b14-8-. The molecule has 0 saturated carbocycles. The zero-order chi connectivity index (χ0) is 16.9. The monoisotopic (exact) mass is 339 g/mol. The highest BCUT2D eigenvalue weighted by Gasteiger charge is 2.26. The Morgan fingerprint density at radius 2 is 1.83 bits per heavy atom. The molecular formula is C17H13N3O3S. The molecule has 1 amide bonds. The summed E-state index contributed by atoms with van der Waals surface area (Å²) in [5.41, 5.74) is 3.19. The van der Waals surface area contributed by atoms with Crippen LogP contribution in [0.1, 0.15) is 11.3 Å². The van der Waals surface area contributed by atoms with Gasteiger partial charge < -0.3 is 10.3 Å². The number of aromatic nitrogens is 1. The fourth-order valence-corrected chi connectivity index (χ4v) is 3.36. The van der Waals surface area contributed by atoms with E-state index < -0.39 is 10.0 Å². The van der Waals surface area contributed by atoms with Crippen LogP contribution >= 0.6 is 0 Å². The van der Waals surface area contributed by atoms with Crippen LogP contribution in [0.2, 0.25) is 0 Å². The molecule has 1 aromatic heterocycles. The van der Waals surface area contributed by atoms with Crippen molar-refractivity contribution in [2.24, 2.45) is 5.14 Å². The van der Waals surface area contributed by atoms with Crippen molar-refractivity contribution in [1.29, 1.82) is 0 Å². The molecule has 0 unspecified atom stereocenters. The lowest BCUT2D eigenvalue weighted by atomic mass is 10.1. The van der Waals surface area contributed by atoms with Crippen LogP contribution in [0.25, 0.3) is 22.6 Å². The number of amides is 1. The van der Waals surface area contributed by atoms with Gasteiger partial charge in [0.25, 0.3) is 5.91 Å². The van der Waals surface area contributed by atoms with Crippen LogP contribution in [0.5, 0.6) is 0 Å². The Morgan fingerprint density at radius 3 is 2.58 bits per heavy atom. The van der Waals surface area contributed by atoms with Gasteiger partial charge >= 0.3 is 0 Å². The molecule has 0 aliphatic carbocycles. The number of rotatable bonds is 2. The summed E-state index contributed by atoms with van der Waals surface area (Å²) >= 11 is 0. The van der Waals surface area contributed by atoms with E-state index in [0.29, 0.717) is 16.8 Å². The molecule has 2 aromatic carbocycles. The highest BCUT2D eigenvalue weighted by Crippen LogP contribution is 2.34. The number of nitrogens with one attached hydrogen (secondary N) is 2. The average molecular weight is 339 g/mol. The molecule has 24 heavy (non-hydrogen) atoms. The smallest absolute Gasteiger partial charge is 0.256 e. The van der Waals surface area contributed by atoms with Crippen LogP contribution in [0.4, 0.5) is 5.69 Å². The number of nitrogens with two attached hydrogens (primary N) is 1. The normalized spacial score (nSPS) is 15.7. The van der Waals surface area contributed by atoms with Gasteiger partial charge in [0.15, 0.2) is 0 Å². The lowest BCUT2D eigenvalue weighted by molar-refractivity contribution is -0.110. The van der Waals surface area contributed by atoms with E-state index in [-0.39, 0.29) is 10.8 Å². The van der Waals surface area contributed by atoms with Gasteiger partial charge in [-0.15, -0.1) is 0 Å². The number of aromatic amines is 1. The Balaban J connectivity index is 1.86. The first-order chi connectivity index (χ1) is 11.4. The van der Waals surface area contributed by atoms with Gasteiger partial charge in [-0.05, 0) is 41.8 Å². The summed E-state index contributed by atoms with van der Waals surface area (Å²) in [6.45, 7) is 0. The molecule has 4 N–H and O–H groups in total. The second-order valence-corrected chi connectivity index (χ2v) is 7.14. The first-order valence-electron chi connectivity index (χ1n) is 7.20.